The minimum atomic E-state index is 0.497. The smallest absolute Gasteiger partial charge is 0.0950 e. The van der Waals surface area contributed by atoms with Gasteiger partial charge in [0.05, 0.1) is 12.5 Å². The van der Waals surface area contributed by atoms with E-state index in [-0.39, 0.29) is 0 Å². The number of hydrogen-bond acceptors (Lipinski definition) is 2. The molecular weight excluding hydrogens is 210 g/mol. The van der Waals surface area contributed by atoms with Crippen LogP contribution in [0.15, 0.2) is 23.0 Å². The maximum absolute atomic E-state index is 5.22. The Morgan fingerprint density at radius 2 is 2.18 bits per heavy atom. The van der Waals surface area contributed by atoms with Gasteiger partial charge in [-0.1, -0.05) is 39.0 Å². The van der Waals surface area contributed by atoms with Gasteiger partial charge in [0, 0.05) is 11.6 Å². The van der Waals surface area contributed by atoms with E-state index in [1.54, 1.807) is 6.26 Å². The molecule has 1 fully saturated rings. The predicted octanol–water partition coefficient (Wildman–Crippen LogP) is 4.29. The third-order valence-corrected chi connectivity index (χ3v) is 3.88. The molecule has 1 aliphatic rings. The van der Waals surface area contributed by atoms with Gasteiger partial charge in [-0.25, -0.2) is 0 Å². The first kappa shape index (κ1) is 12.7. The molecule has 17 heavy (non-hydrogen) atoms. The quantitative estimate of drug-likeness (QED) is 0.795. The third kappa shape index (κ3) is 3.88. The summed E-state index contributed by atoms with van der Waals surface area (Å²) in [7, 11) is 0. The zero-order valence-corrected chi connectivity index (χ0v) is 11.0. The highest BCUT2D eigenvalue weighted by Gasteiger charge is 2.20. The highest BCUT2D eigenvalue weighted by molar-refractivity contribution is 5.11. The molecule has 0 aliphatic heterocycles. The summed E-state index contributed by atoms with van der Waals surface area (Å²) < 4.78 is 5.22. The van der Waals surface area contributed by atoms with Crippen LogP contribution in [0.1, 0.15) is 63.5 Å². The van der Waals surface area contributed by atoms with Crippen molar-refractivity contribution in [2.75, 3.05) is 6.54 Å². The van der Waals surface area contributed by atoms with Crippen LogP contribution in [0.3, 0.4) is 0 Å². The monoisotopic (exact) mass is 235 g/mol. The van der Waals surface area contributed by atoms with Gasteiger partial charge in [0.25, 0.3) is 0 Å². The van der Waals surface area contributed by atoms with Gasteiger partial charge < -0.3 is 9.73 Å². The summed E-state index contributed by atoms with van der Waals surface area (Å²) in [5.41, 5.74) is 1.32. The zero-order chi connectivity index (χ0) is 11.9. The SMILES string of the molecule is CCCNC(CC1CCCCC1)c1ccoc1. The second-order valence-electron chi connectivity index (χ2n) is 5.30. The molecule has 1 aliphatic carbocycles. The molecule has 0 aromatic carbocycles. The summed E-state index contributed by atoms with van der Waals surface area (Å²) in [6, 6.07) is 2.60. The molecule has 0 radical (unpaired) electrons. The Morgan fingerprint density at radius 1 is 1.35 bits per heavy atom. The van der Waals surface area contributed by atoms with Crippen LogP contribution in [-0.4, -0.2) is 6.54 Å². The molecule has 1 N–H and O–H groups in total. The Morgan fingerprint density at radius 3 is 2.82 bits per heavy atom. The lowest BCUT2D eigenvalue weighted by molar-refractivity contribution is 0.299. The fourth-order valence-electron chi connectivity index (χ4n) is 2.89. The van der Waals surface area contributed by atoms with E-state index in [1.165, 1.54) is 50.5 Å². The molecule has 1 saturated carbocycles. The fraction of sp³-hybridized carbons (Fsp3) is 0.733. The largest absolute Gasteiger partial charge is 0.472 e. The van der Waals surface area contributed by atoms with Gasteiger partial charge in [0.1, 0.15) is 0 Å². The first-order valence-corrected chi connectivity index (χ1v) is 7.15. The first-order valence-electron chi connectivity index (χ1n) is 7.15. The summed E-state index contributed by atoms with van der Waals surface area (Å²) in [6.45, 7) is 3.32. The summed E-state index contributed by atoms with van der Waals surface area (Å²) in [5.74, 6) is 0.910. The van der Waals surface area contributed by atoms with Crippen molar-refractivity contribution in [1.29, 1.82) is 0 Å². The van der Waals surface area contributed by atoms with E-state index in [1.807, 2.05) is 6.26 Å². The van der Waals surface area contributed by atoms with Gasteiger partial charge >= 0.3 is 0 Å². The van der Waals surface area contributed by atoms with Crippen LogP contribution in [0.2, 0.25) is 0 Å². The molecule has 0 bridgehead atoms. The molecule has 0 amide bonds. The van der Waals surface area contributed by atoms with Crippen molar-refractivity contribution in [2.45, 2.75) is 57.9 Å². The van der Waals surface area contributed by atoms with E-state index in [9.17, 15) is 0 Å². The van der Waals surface area contributed by atoms with Crippen molar-refractivity contribution in [2.24, 2.45) is 5.92 Å². The van der Waals surface area contributed by atoms with Crippen LogP contribution in [0.5, 0.6) is 0 Å². The molecule has 96 valence electrons. The Balaban J connectivity index is 1.90. The summed E-state index contributed by atoms with van der Waals surface area (Å²) in [4.78, 5) is 0. The van der Waals surface area contributed by atoms with Gasteiger partial charge in [-0.15, -0.1) is 0 Å². The predicted molar refractivity (Wildman–Crippen MR) is 70.9 cm³/mol. The lowest BCUT2D eigenvalue weighted by Crippen LogP contribution is -2.25. The lowest BCUT2D eigenvalue weighted by atomic mass is 9.83. The van der Waals surface area contributed by atoms with Crippen LogP contribution in [0, 0.1) is 5.92 Å². The van der Waals surface area contributed by atoms with Crippen molar-refractivity contribution >= 4 is 0 Å². The minimum Gasteiger partial charge on any atom is -0.472 e. The highest BCUT2D eigenvalue weighted by Crippen LogP contribution is 2.31. The molecule has 1 aromatic rings. The number of nitrogens with one attached hydrogen (secondary N) is 1. The van der Waals surface area contributed by atoms with Gasteiger partial charge in [-0.3, -0.25) is 0 Å². The van der Waals surface area contributed by atoms with E-state index in [0.717, 1.165) is 12.5 Å². The van der Waals surface area contributed by atoms with Crippen LogP contribution in [-0.2, 0) is 0 Å². The fourth-order valence-corrected chi connectivity index (χ4v) is 2.89. The van der Waals surface area contributed by atoms with E-state index in [0.29, 0.717) is 6.04 Å². The highest BCUT2D eigenvalue weighted by atomic mass is 16.3. The van der Waals surface area contributed by atoms with Gasteiger partial charge in [0.2, 0.25) is 0 Å². The minimum absolute atomic E-state index is 0.497. The number of rotatable bonds is 6. The number of furan rings is 1. The van der Waals surface area contributed by atoms with E-state index in [2.05, 4.69) is 18.3 Å². The topological polar surface area (TPSA) is 25.2 Å². The van der Waals surface area contributed by atoms with Crippen molar-refractivity contribution in [3.8, 4) is 0 Å². The van der Waals surface area contributed by atoms with E-state index in [4.69, 9.17) is 4.42 Å². The van der Waals surface area contributed by atoms with E-state index >= 15 is 0 Å². The Bertz CT molecular complexity index is 288. The van der Waals surface area contributed by atoms with Gasteiger partial charge in [-0.05, 0) is 31.4 Å². The molecule has 2 nitrogen and oxygen atoms in total. The average Bonchev–Trinajstić information content (AvgIpc) is 2.89. The van der Waals surface area contributed by atoms with Crippen molar-refractivity contribution < 1.29 is 4.42 Å². The standard InChI is InChI=1S/C15H25NO/c1-2-9-16-15(14-8-10-17-12-14)11-13-6-4-3-5-7-13/h8,10,12-13,15-16H,2-7,9,11H2,1H3. The number of hydrogen-bond donors (Lipinski definition) is 1. The van der Waals surface area contributed by atoms with Crippen molar-refractivity contribution in [3.05, 3.63) is 24.2 Å². The second kappa shape index (κ2) is 6.85. The average molecular weight is 235 g/mol. The summed E-state index contributed by atoms with van der Waals surface area (Å²) in [6.07, 6.45) is 13.3. The Kier molecular flexibility index (Phi) is 5.11. The van der Waals surface area contributed by atoms with Crippen LogP contribution >= 0.6 is 0 Å². The molecule has 0 spiro atoms. The third-order valence-electron chi connectivity index (χ3n) is 3.88. The van der Waals surface area contributed by atoms with Gasteiger partial charge in [0.15, 0.2) is 0 Å². The second-order valence-corrected chi connectivity index (χ2v) is 5.30. The lowest BCUT2D eigenvalue weighted by Gasteiger charge is -2.26. The molecule has 0 saturated heterocycles. The molecule has 1 atom stereocenters. The van der Waals surface area contributed by atoms with Gasteiger partial charge in [-0.2, -0.15) is 0 Å². The molecule has 1 aromatic heterocycles. The van der Waals surface area contributed by atoms with Crippen molar-refractivity contribution in [3.63, 3.8) is 0 Å². The Labute approximate surface area is 105 Å². The molecule has 2 heteroatoms. The van der Waals surface area contributed by atoms with E-state index < -0.39 is 0 Å². The zero-order valence-electron chi connectivity index (χ0n) is 11.0. The summed E-state index contributed by atoms with van der Waals surface area (Å²) >= 11 is 0. The molecule has 1 heterocycles. The maximum atomic E-state index is 5.22. The molecule has 1 unspecified atom stereocenters. The van der Waals surface area contributed by atoms with Crippen molar-refractivity contribution in [1.82, 2.24) is 5.32 Å². The summed E-state index contributed by atoms with van der Waals surface area (Å²) in [5, 5.41) is 3.66. The van der Waals surface area contributed by atoms with Crippen LogP contribution < -0.4 is 5.32 Å². The molecular formula is C15H25NO. The normalized spacial score (nSPS) is 19.4. The Hall–Kier alpha value is -0.760. The van der Waals surface area contributed by atoms with Crippen LogP contribution in [0.25, 0.3) is 0 Å². The maximum Gasteiger partial charge on any atom is 0.0950 e. The van der Waals surface area contributed by atoms with Crippen LogP contribution in [0.4, 0.5) is 0 Å². The molecule has 2 rings (SSSR count). The first-order chi connectivity index (χ1) is 8.40.